The molecule has 2 N–H and O–H groups in total. The second-order valence-electron chi connectivity index (χ2n) is 5.25. The fraction of sp³-hybridized carbons (Fsp3) is 0.438. The van der Waals surface area contributed by atoms with E-state index in [4.69, 9.17) is 12.2 Å². The van der Waals surface area contributed by atoms with Gasteiger partial charge >= 0.3 is 0 Å². The Morgan fingerprint density at radius 1 is 1.47 bits per heavy atom. The largest absolute Gasteiger partial charge is 0.330 e. The highest BCUT2D eigenvalue weighted by Crippen LogP contribution is 2.30. The molecule has 1 unspecified atom stereocenters. The van der Waals surface area contributed by atoms with Gasteiger partial charge in [0.05, 0.1) is 6.54 Å². The molecule has 0 bridgehead atoms. The second kappa shape index (κ2) is 5.90. The molecule has 1 amide bonds. The summed E-state index contributed by atoms with van der Waals surface area (Å²) in [6.45, 7) is 3.09. The van der Waals surface area contributed by atoms with Gasteiger partial charge in [0.2, 0.25) is 5.91 Å². The van der Waals surface area contributed by atoms with Gasteiger partial charge < -0.3 is 10.6 Å². The lowest BCUT2D eigenvalue weighted by Gasteiger charge is -2.24. The van der Waals surface area contributed by atoms with Crippen molar-refractivity contribution in [3.8, 4) is 12.3 Å². The third kappa shape index (κ3) is 3.59. The van der Waals surface area contributed by atoms with Crippen molar-refractivity contribution >= 4 is 5.91 Å². The summed E-state index contributed by atoms with van der Waals surface area (Å²) in [7, 11) is 0. The Balaban J connectivity index is 2.06. The molecule has 1 aromatic rings. The lowest BCUT2D eigenvalue weighted by atomic mass is 10.0. The van der Waals surface area contributed by atoms with Gasteiger partial charge in [0.15, 0.2) is 0 Å². The summed E-state index contributed by atoms with van der Waals surface area (Å²) in [5.41, 5.74) is 8.05. The molecule has 19 heavy (non-hydrogen) atoms. The highest BCUT2D eigenvalue weighted by atomic mass is 16.2. The first-order valence-electron chi connectivity index (χ1n) is 6.66. The molecule has 0 radical (unpaired) electrons. The standard InChI is InChI=1S/C16H20N2O/c1-3-10-18(11-13-6-7-13)16(19)15(17)14-8-4-12(2)5-9-14/h1,4-5,8-9,13,15H,6-7,10-11,17H2,2H3. The minimum Gasteiger partial charge on any atom is -0.330 e. The van der Waals surface area contributed by atoms with Crippen LogP contribution in [0.2, 0.25) is 0 Å². The van der Waals surface area contributed by atoms with E-state index in [1.165, 1.54) is 12.8 Å². The Labute approximate surface area is 114 Å². The molecule has 3 heteroatoms. The zero-order valence-electron chi connectivity index (χ0n) is 11.3. The van der Waals surface area contributed by atoms with Gasteiger partial charge in [0, 0.05) is 6.54 Å². The van der Waals surface area contributed by atoms with Crippen molar-refractivity contribution in [1.82, 2.24) is 4.90 Å². The topological polar surface area (TPSA) is 46.3 Å². The van der Waals surface area contributed by atoms with E-state index in [1.54, 1.807) is 4.90 Å². The molecule has 0 aromatic heterocycles. The number of hydrogen-bond acceptors (Lipinski definition) is 2. The number of nitrogens with zero attached hydrogens (tertiary/aromatic N) is 1. The second-order valence-corrected chi connectivity index (χ2v) is 5.25. The van der Waals surface area contributed by atoms with Crippen molar-refractivity contribution < 1.29 is 4.79 Å². The Bertz CT molecular complexity index is 482. The van der Waals surface area contributed by atoms with Gasteiger partial charge in [-0.15, -0.1) is 6.42 Å². The predicted molar refractivity (Wildman–Crippen MR) is 76.2 cm³/mol. The number of carbonyl (C=O) groups excluding carboxylic acids is 1. The van der Waals surface area contributed by atoms with Gasteiger partial charge in [-0.1, -0.05) is 35.7 Å². The molecular formula is C16H20N2O. The lowest BCUT2D eigenvalue weighted by Crippen LogP contribution is -2.40. The van der Waals surface area contributed by atoms with Crippen molar-refractivity contribution in [2.75, 3.05) is 13.1 Å². The third-order valence-corrected chi connectivity index (χ3v) is 3.47. The van der Waals surface area contributed by atoms with E-state index in [0.29, 0.717) is 12.5 Å². The zero-order valence-corrected chi connectivity index (χ0v) is 11.3. The molecule has 0 saturated heterocycles. The lowest BCUT2D eigenvalue weighted by molar-refractivity contribution is -0.132. The van der Waals surface area contributed by atoms with Crippen LogP contribution in [0.4, 0.5) is 0 Å². The Morgan fingerprint density at radius 3 is 2.63 bits per heavy atom. The molecule has 3 nitrogen and oxygen atoms in total. The van der Waals surface area contributed by atoms with Crippen LogP contribution in [0.3, 0.4) is 0 Å². The summed E-state index contributed by atoms with van der Waals surface area (Å²) < 4.78 is 0. The van der Waals surface area contributed by atoms with E-state index in [0.717, 1.165) is 17.7 Å². The fourth-order valence-electron chi connectivity index (χ4n) is 2.07. The van der Waals surface area contributed by atoms with Crippen molar-refractivity contribution in [2.45, 2.75) is 25.8 Å². The van der Waals surface area contributed by atoms with Gasteiger partial charge in [-0.2, -0.15) is 0 Å². The van der Waals surface area contributed by atoms with Crippen molar-refractivity contribution in [3.63, 3.8) is 0 Å². The van der Waals surface area contributed by atoms with Crippen LogP contribution in [0.25, 0.3) is 0 Å². The van der Waals surface area contributed by atoms with Crippen LogP contribution < -0.4 is 5.73 Å². The molecule has 100 valence electrons. The SMILES string of the molecule is C#CCN(CC1CC1)C(=O)C(N)c1ccc(C)cc1. The van der Waals surface area contributed by atoms with Crippen LogP contribution >= 0.6 is 0 Å². The highest BCUT2D eigenvalue weighted by Gasteiger charge is 2.29. The molecule has 1 aromatic carbocycles. The molecule has 1 saturated carbocycles. The molecule has 1 aliphatic rings. The van der Waals surface area contributed by atoms with E-state index >= 15 is 0 Å². The average Bonchev–Trinajstić information content (AvgIpc) is 3.21. The Morgan fingerprint density at radius 2 is 2.11 bits per heavy atom. The van der Waals surface area contributed by atoms with E-state index in [2.05, 4.69) is 5.92 Å². The summed E-state index contributed by atoms with van der Waals surface area (Å²) in [6.07, 6.45) is 7.71. The van der Waals surface area contributed by atoms with Crippen molar-refractivity contribution in [1.29, 1.82) is 0 Å². The molecule has 0 spiro atoms. The first kappa shape index (κ1) is 13.6. The molecule has 0 heterocycles. The summed E-state index contributed by atoms with van der Waals surface area (Å²) in [5, 5.41) is 0. The summed E-state index contributed by atoms with van der Waals surface area (Å²) in [5.74, 6) is 3.08. The molecule has 0 aliphatic heterocycles. The van der Waals surface area contributed by atoms with Crippen LogP contribution in [0.1, 0.15) is 30.0 Å². The summed E-state index contributed by atoms with van der Waals surface area (Å²) in [6, 6.07) is 7.13. The molecule has 1 atom stereocenters. The maximum Gasteiger partial charge on any atom is 0.244 e. The Kier molecular flexibility index (Phi) is 4.24. The molecule has 1 fully saturated rings. The van der Waals surface area contributed by atoms with E-state index in [-0.39, 0.29) is 5.91 Å². The summed E-state index contributed by atoms with van der Waals surface area (Å²) in [4.78, 5) is 14.1. The zero-order chi connectivity index (χ0) is 13.8. The van der Waals surface area contributed by atoms with Gasteiger partial charge in [-0.3, -0.25) is 4.79 Å². The number of amides is 1. The highest BCUT2D eigenvalue weighted by molar-refractivity contribution is 5.83. The number of carbonyl (C=O) groups is 1. The number of terminal acetylenes is 1. The molecule has 1 aliphatic carbocycles. The van der Waals surface area contributed by atoms with Gasteiger partial charge in [0.25, 0.3) is 0 Å². The van der Waals surface area contributed by atoms with E-state index < -0.39 is 6.04 Å². The normalized spacial score (nSPS) is 15.6. The number of aryl methyl sites for hydroxylation is 1. The maximum absolute atomic E-state index is 12.4. The van der Waals surface area contributed by atoms with Crippen molar-refractivity contribution in [2.24, 2.45) is 11.7 Å². The van der Waals surface area contributed by atoms with Crippen LogP contribution in [0.15, 0.2) is 24.3 Å². The molecular weight excluding hydrogens is 236 g/mol. The number of benzene rings is 1. The quantitative estimate of drug-likeness (QED) is 0.817. The van der Waals surface area contributed by atoms with Crippen molar-refractivity contribution in [3.05, 3.63) is 35.4 Å². The van der Waals surface area contributed by atoms with E-state index in [1.807, 2.05) is 31.2 Å². The minimum atomic E-state index is -0.618. The minimum absolute atomic E-state index is 0.0753. The Hall–Kier alpha value is -1.79. The third-order valence-electron chi connectivity index (χ3n) is 3.47. The fourth-order valence-corrected chi connectivity index (χ4v) is 2.07. The van der Waals surface area contributed by atoms with Crippen LogP contribution in [-0.2, 0) is 4.79 Å². The van der Waals surface area contributed by atoms with Gasteiger partial charge in [-0.25, -0.2) is 0 Å². The molecule has 2 rings (SSSR count). The summed E-state index contributed by atoms with van der Waals surface area (Å²) >= 11 is 0. The maximum atomic E-state index is 12.4. The van der Waals surface area contributed by atoms with Crippen LogP contribution in [0, 0.1) is 25.2 Å². The average molecular weight is 256 g/mol. The van der Waals surface area contributed by atoms with Gasteiger partial charge in [0.1, 0.15) is 6.04 Å². The number of hydrogen-bond donors (Lipinski definition) is 1. The van der Waals surface area contributed by atoms with E-state index in [9.17, 15) is 4.79 Å². The first-order chi connectivity index (χ1) is 9.11. The number of nitrogens with two attached hydrogens (primary N) is 1. The predicted octanol–water partition coefficient (Wildman–Crippen LogP) is 1.87. The van der Waals surface area contributed by atoms with Crippen LogP contribution in [-0.4, -0.2) is 23.9 Å². The smallest absolute Gasteiger partial charge is 0.244 e. The van der Waals surface area contributed by atoms with Crippen LogP contribution in [0.5, 0.6) is 0 Å². The van der Waals surface area contributed by atoms with Gasteiger partial charge in [-0.05, 0) is 31.2 Å². The monoisotopic (exact) mass is 256 g/mol. The number of rotatable bonds is 5. The first-order valence-corrected chi connectivity index (χ1v) is 6.66.